The molecular formula is C21H29ClFN3O2. The van der Waals surface area contributed by atoms with Gasteiger partial charge in [0.1, 0.15) is 5.82 Å². The van der Waals surface area contributed by atoms with Gasteiger partial charge in [0.05, 0.1) is 6.54 Å². The van der Waals surface area contributed by atoms with Crippen molar-refractivity contribution >= 4 is 23.4 Å². The molecule has 0 radical (unpaired) electrons. The summed E-state index contributed by atoms with van der Waals surface area (Å²) in [7, 11) is 1.97. The molecule has 2 aliphatic rings. The minimum atomic E-state index is -0.517. The van der Waals surface area contributed by atoms with Gasteiger partial charge in [-0.15, -0.1) is 0 Å². The van der Waals surface area contributed by atoms with Gasteiger partial charge in [0.15, 0.2) is 0 Å². The van der Waals surface area contributed by atoms with Crippen LogP contribution in [0.5, 0.6) is 0 Å². The van der Waals surface area contributed by atoms with E-state index in [0.717, 1.165) is 25.9 Å². The highest BCUT2D eigenvalue weighted by Crippen LogP contribution is 2.51. The molecule has 1 aliphatic heterocycles. The lowest BCUT2D eigenvalue weighted by atomic mass is 9.57. The summed E-state index contributed by atoms with van der Waals surface area (Å²) in [6, 6.07) is 3.83. The highest BCUT2D eigenvalue weighted by atomic mass is 35.5. The van der Waals surface area contributed by atoms with Crippen molar-refractivity contribution in [3.05, 3.63) is 34.6 Å². The van der Waals surface area contributed by atoms with Crippen LogP contribution in [0.1, 0.15) is 44.0 Å². The summed E-state index contributed by atoms with van der Waals surface area (Å²) in [6.45, 7) is 8.92. The normalized spacial score (nSPS) is 18.8. The number of hydrogen-bond donors (Lipinski definition) is 1. The van der Waals surface area contributed by atoms with E-state index in [1.807, 2.05) is 11.9 Å². The van der Waals surface area contributed by atoms with E-state index in [9.17, 15) is 14.0 Å². The van der Waals surface area contributed by atoms with Crippen LogP contribution in [-0.4, -0.2) is 60.4 Å². The molecule has 0 unspecified atom stereocenters. The van der Waals surface area contributed by atoms with Crippen molar-refractivity contribution in [3.8, 4) is 0 Å². The fraction of sp³-hybridized carbons (Fsp3) is 0.619. The third kappa shape index (κ3) is 4.66. The summed E-state index contributed by atoms with van der Waals surface area (Å²) in [5, 5.41) is 3.08. The van der Waals surface area contributed by atoms with E-state index in [1.54, 1.807) is 0 Å². The van der Waals surface area contributed by atoms with Crippen molar-refractivity contribution in [2.24, 2.45) is 11.3 Å². The predicted octanol–water partition coefficient (Wildman–Crippen LogP) is 3.18. The number of halogens is 2. The van der Waals surface area contributed by atoms with Gasteiger partial charge in [0, 0.05) is 41.2 Å². The summed E-state index contributed by atoms with van der Waals surface area (Å²) in [6.07, 6.45) is 2.02. The first-order valence-corrected chi connectivity index (χ1v) is 10.1. The summed E-state index contributed by atoms with van der Waals surface area (Å²) < 4.78 is 13.4. The number of likely N-dealkylation sites (tertiary alicyclic amines) is 1. The number of carbonyl (C=O) groups excluding carboxylic acids is 2. The molecule has 1 aliphatic carbocycles. The van der Waals surface area contributed by atoms with Gasteiger partial charge in [-0.3, -0.25) is 14.5 Å². The Morgan fingerprint density at radius 3 is 2.50 bits per heavy atom. The fourth-order valence-electron chi connectivity index (χ4n) is 4.07. The molecule has 0 atom stereocenters. The van der Waals surface area contributed by atoms with Crippen molar-refractivity contribution in [1.82, 2.24) is 15.1 Å². The van der Waals surface area contributed by atoms with Gasteiger partial charge >= 0.3 is 0 Å². The Morgan fingerprint density at radius 1 is 1.29 bits per heavy atom. The number of benzene rings is 1. The molecule has 1 aromatic rings. The standard InChI is InChI=1S/C21H29ClFN3O2/c1-20(2,3)25(4)11-18(27)26-12-21(13-26)8-14(9-21)10-24-19(28)15-5-16(22)7-17(23)6-15/h5-7,14H,8-13H2,1-4H3,(H,24,28). The van der Waals surface area contributed by atoms with E-state index in [-0.39, 0.29) is 33.4 Å². The molecule has 3 rings (SSSR count). The van der Waals surface area contributed by atoms with E-state index in [1.165, 1.54) is 18.2 Å². The second-order valence-electron chi connectivity index (χ2n) is 9.42. The number of carbonyl (C=O) groups is 2. The summed E-state index contributed by atoms with van der Waals surface area (Å²) in [4.78, 5) is 28.6. The zero-order valence-electron chi connectivity index (χ0n) is 17.0. The van der Waals surface area contributed by atoms with Crippen molar-refractivity contribution in [1.29, 1.82) is 0 Å². The van der Waals surface area contributed by atoms with Crippen molar-refractivity contribution in [3.63, 3.8) is 0 Å². The second kappa shape index (κ2) is 7.64. The Kier molecular flexibility index (Phi) is 5.74. The lowest BCUT2D eigenvalue weighted by molar-refractivity contribution is -0.156. The third-order valence-electron chi connectivity index (χ3n) is 6.04. The molecule has 154 valence electrons. The van der Waals surface area contributed by atoms with Gasteiger partial charge < -0.3 is 10.2 Å². The van der Waals surface area contributed by atoms with Crippen LogP contribution < -0.4 is 5.32 Å². The maximum atomic E-state index is 13.4. The molecule has 2 fully saturated rings. The number of nitrogens with one attached hydrogen (secondary N) is 1. The SMILES string of the molecule is CN(CC(=O)N1CC2(CC(CNC(=O)c3cc(F)cc(Cl)c3)C2)C1)C(C)(C)C. The average Bonchev–Trinajstić information content (AvgIpc) is 2.49. The molecule has 1 heterocycles. The minimum Gasteiger partial charge on any atom is -0.352 e. The van der Waals surface area contributed by atoms with Crippen LogP contribution in [0.15, 0.2) is 18.2 Å². The van der Waals surface area contributed by atoms with Crippen LogP contribution in [0.4, 0.5) is 4.39 Å². The van der Waals surface area contributed by atoms with Gasteiger partial charge in [-0.05, 0) is 64.8 Å². The monoisotopic (exact) mass is 409 g/mol. The van der Waals surface area contributed by atoms with Crippen molar-refractivity contribution in [2.75, 3.05) is 33.2 Å². The van der Waals surface area contributed by atoms with Crippen LogP contribution in [0, 0.1) is 17.2 Å². The largest absolute Gasteiger partial charge is 0.352 e. The summed E-state index contributed by atoms with van der Waals surface area (Å²) in [5.74, 6) is -0.236. The maximum absolute atomic E-state index is 13.4. The van der Waals surface area contributed by atoms with E-state index >= 15 is 0 Å². The lowest BCUT2D eigenvalue weighted by Crippen LogP contribution is -2.65. The maximum Gasteiger partial charge on any atom is 0.251 e. The molecule has 7 heteroatoms. The molecule has 0 aromatic heterocycles. The Labute approximate surface area is 171 Å². The molecule has 1 N–H and O–H groups in total. The first-order chi connectivity index (χ1) is 13.0. The van der Waals surface area contributed by atoms with Gasteiger partial charge in [0.2, 0.25) is 5.91 Å². The smallest absolute Gasteiger partial charge is 0.251 e. The number of nitrogens with zero attached hydrogens (tertiary/aromatic N) is 2. The quantitative estimate of drug-likeness (QED) is 0.812. The fourth-order valence-corrected chi connectivity index (χ4v) is 4.29. The van der Waals surface area contributed by atoms with E-state index in [4.69, 9.17) is 11.6 Å². The molecule has 2 amide bonds. The minimum absolute atomic E-state index is 0.0239. The Hall–Kier alpha value is -1.66. The highest BCUT2D eigenvalue weighted by molar-refractivity contribution is 6.31. The number of rotatable bonds is 5. The molecule has 28 heavy (non-hydrogen) atoms. The van der Waals surface area contributed by atoms with Crippen molar-refractivity contribution < 1.29 is 14.0 Å². The zero-order chi connectivity index (χ0) is 20.7. The topological polar surface area (TPSA) is 52.7 Å². The molecule has 1 saturated carbocycles. The van der Waals surface area contributed by atoms with Crippen LogP contribution in [0.25, 0.3) is 0 Å². The Bertz CT molecular complexity index is 743. The first-order valence-electron chi connectivity index (χ1n) is 9.71. The van der Waals surface area contributed by atoms with E-state index in [0.29, 0.717) is 19.0 Å². The number of hydrogen-bond acceptors (Lipinski definition) is 3. The van der Waals surface area contributed by atoms with E-state index in [2.05, 4.69) is 31.0 Å². The molecule has 1 spiro atoms. The first kappa shape index (κ1) is 21.1. The molecule has 5 nitrogen and oxygen atoms in total. The predicted molar refractivity (Wildman–Crippen MR) is 108 cm³/mol. The van der Waals surface area contributed by atoms with Gasteiger partial charge in [-0.1, -0.05) is 11.6 Å². The Balaban J connectivity index is 1.39. The lowest BCUT2D eigenvalue weighted by Gasteiger charge is -2.59. The van der Waals surface area contributed by atoms with Crippen LogP contribution in [0.3, 0.4) is 0 Å². The number of likely N-dealkylation sites (N-methyl/N-ethyl adjacent to an activating group) is 1. The van der Waals surface area contributed by atoms with Gasteiger partial charge in [0.25, 0.3) is 5.91 Å². The molecule has 1 saturated heterocycles. The van der Waals surface area contributed by atoms with Gasteiger partial charge in [-0.25, -0.2) is 4.39 Å². The molecule has 1 aromatic carbocycles. The molecule has 0 bridgehead atoms. The van der Waals surface area contributed by atoms with Crippen LogP contribution in [-0.2, 0) is 4.79 Å². The van der Waals surface area contributed by atoms with E-state index < -0.39 is 5.82 Å². The van der Waals surface area contributed by atoms with Crippen molar-refractivity contribution in [2.45, 2.75) is 39.2 Å². The van der Waals surface area contributed by atoms with Gasteiger partial charge in [-0.2, -0.15) is 0 Å². The number of amides is 2. The Morgan fingerprint density at radius 2 is 1.93 bits per heavy atom. The highest BCUT2D eigenvalue weighted by Gasteiger charge is 2.53. The average molecular weight is 410 g/mol. The second-order valence-corrected chi connectivity index (χ2v) is 9.86. The van der Waals surface area contributed by atoms with Crippen LogP contribution >= 0.6 is 11.6 Å². The summed E-state index contributed by atoms with van der Waals surface area (Å²) in [5.41, 5.74) is 0.444. The zero-order valence-corrected chi connectivity index (χ0v) is 17.8. The third-order valence-corrected chi connectivity index (χ3v) is 6.26. The summed E-state index contributed by atoms with van der Waals surface area (Å²) >= 11 is 5.80. The molecular weight excluding hydrogens is 381 g/mol. The van der Waals surface area contributed by atoms with Crippen LogP contribution in [0.2, 0.25) is 5.02 Å².